The van der Waals surface area contributed by atoms with Crippen LogP contribution in [0.2, 0.25) is 0 Å². The van der Waals surface area contributed by atoms with Gasteiger partial charge in [0.1, 0.15) is 21.3 Å². The SMILES string of the molecule is CCOC(=O)c1sc2nc(SCc3cc(C(C)=O)ccc3OC)n(Cc3ccc(F)cc3)c(=O)c2c1C. The van der Waals surface area contributed by atoms with E-state index in [1.165, 1.54) is 35.4 Å². The lowest BCUT2D eigenvalue weighted by Gasteiger charge is -2.14. The average Bonchev–Trinajstić information content (AvgIpc) is 3.22. The van der Waals surface area contributed by atoms with Crippen molar-refractivity contribution in [2.24, 2.45) is 0 Å². The fourth-order valence-corrected chi connectivity index (χ4v) is 5.96. The lowest BCUT2D eigenvalue weighted by atomic mass is 10.1. The zero-order valence-corrected chi connectivity index (χ0v) is 22.4. The first kappa shape index (κ1) is 26.6. The molecule has 2 heterocycles. The predicted octanol–water partition coefficient (Wildman–Crippen LogP) is 5.63. The zero-order valence-electron chi connectivity index (χ0n) is 20.8. The number of ketones is 1. The number of benzene rings is 2. The summed E-state index contributed by atoms with van der Waals surface area (Å²) in [7, 11) is 1.55. The number of methoxy groups -OCH3 is 1. The molecule has 0 bridgehead atoms. The predicted molar refractivity (Wildman–Crippen MR) is 143 cm³/mol. The molecule has 2 aromatic heterocycles. The molecular formula is C27H25FN2O5S2. The third kappa shape index (κ3) is 5.60. The molecule has 0 fully saturated rings. The molecule has 10 heteroatoms. The number of thiophene rings is 1. The Kier molecular flexibility index (Phi) is 8.09. The van der Waals surface area contributed by atoms with E-state index < -0.39 is 5.97 Å². The molecule has 0 N–H and O–H groups in total. The maximum Gasteiger partial charge on any atom is 0.348 e. The highest BCUT2D eigenvalue weighted by atomic mass is 32.2. The molecule has 2 aromatic carbocycles. The molecule has 0 amide bonds. The maximum absolute atomic E-state index is 13.7. The highest BCUT2D eigenvalue weighted by Crippen LogP contribution is 2.32. The third-order valence-corrected chi connectivity index (χ3v) is 7.96. The number of halogens is 1. The number of hydrogen-bond donors (Lipinski definition) is 0. The minimum Gasteiger partial charge on any atom is -0.496 e. The zero-order chi connectivity index (χ0) is 26.7. The van der Waals surface area contributed by atoms with Crippen molar-refractivity contribution in [1.29, 1.82) is 0 Å². The molecule has 0 atom stereocenters. The van der Waals surface area contributed by atoms with Crippen molar-refractivity contribution in [3.63, 3.8) is 0 Å². The minimum atomic E-state index is -0.493. The van der Waals surface area contributed by atoms with E-state index in [4.69, 9.17) is 14.5 Å². The van der Waals surface area contributed by atoms with Gasteiger partial charge in [-0.1, -0.05) is 23.9 Å². The molecule has 0 saturated heterocycles. The standard InChI is InChI=1S/C27H25FN2O5S2/c1-5-35-26(33)23-15(2)22-24(37-23)29-27(30(25(22)32)13-17-6-9-20(28)10-7-17)36-14-19-12-18(16(3)31)8-11-21(19)34-4/h6-12H,5,13-14H2,1-4H3. The number of thioether (sulfide) groups is 1. The van der Waals surface area contributed by atoms with Gasteiger partial charge >= 0.3 is 5.97 Å². The van der Waals surface area contributed by atoms with Gasteiger partial charge in [0.15, 0.2) is 10.9 Å². The quantitative estimate of drug-likeness (QED) is 0.118. The topological polar surface area (TPSA) is 87.5 Å². The van der Waals surface area contributed by atoms with Crippen LogP contribution in [-0.2, 0) is 17.0 Å². The van der Waals surface area contributed by atoms with Gasteiger partial charge in [0.25, 0.3) is 5.56 Å². The molecule has 0 spiro atoms. The normalized spacial score (nSPS) is 11.1. The Bertz CT molecular complexity index is 1540. The van der Waals surface area contributed by atoms with Gasteiger partial charge in [-0.05, 0) is 62.2 Å². The smallest absolute Gasteiger partial charge is 0.348 e. The summed E-state index contributed by atoms with van der Waals surface area (Å²) in [5.74, 6) is 0.0579. The first-order valence-electron chi connectivity index (χ1n) is 11.5. The van der Waals surface area contributed by atoms with E-state index in [0.717, 1.165) is 22.5 Å². The van der Waals surface area contributed by atoms with Crippen molar-refractivity contribution in [2.45, 2.75) is 38.2 Å². The number of hydrogen-bond acceptors (Lipinski definition) is 8. The summed E-state index contributed by atoms with van der Waals surface area (Å²) in [6, 6.07) is 11.1. The Labute approximate surface area is 221 Å². The molecule has 192 valence electrons. The van der Waals surface area contributed by atoms with Gasteiger partial charge in [-0.25, -0.2) is 14.2 Å². The van der Waals surface area contributed by atoms with Crippen LogP contribution in [0.4, 0.5) is 4.39 Å². The molecule has 7 nitrogen and oxygen atoms in total. The maximum atomic E-state index is 13.7. The molecule has 0 aliphatic heterocycles. The monoisotopic (exact) mass is 540 g/mol. The van der Waals surface area contributed by atoms with Crippen molar-refractivity contribution >= 4 is 45.1 Å². The summed E-state index contributed by atoms with van der Waals surface area (Å²) < 4.78 is 25.6. The lowest BCUT2D eigenvalue weighted by Crippen LogP contribution is -2.24. The number of rotatable bonds is 9. The van der Waals surface area contributed by atoms with Crippen LogP contribution in [0.15, 0.2) is 52.4 Å². The van der Waals surface area contributed by atoms with Crippen LogP contribution >= 0.6 is 23.1 Å². The first-order chi connectivity index (χ1) is 17.7. The number of carbonyl (C=O) groups excluding carboxylic acids is 2. The summed E-state index contributed by atoms with van der Waals surface area (Å²) in [5.41, 5.74) is 2.27. The van der Waals surface area contributed by atoms with Crippen LogP contribution in [0.5, 0.6) is 5.75 Å². The highest BCUT2D eigenvalue weighted by Gasteiger charge is 2.23. The Morgan fingerprint density at radius 3 is 2.54 bits per heavy atom. The number of nitrogens with zero attached hydrogens (tertiary/aromatic N) is 2. The Balaban J connectivity index is 1.81. The Hall–Kier alpha value is -3.50. The number of carbonyl (C=O) groups is 2. The van der Waals surface area contributed by atoms with Crippen molar-refractivity contribution in [1.82, 2.24) is 9.55 Å². The molecule has 4 aromatic rings. The summed E-state index contributed by atoms with van der Waals surface area (Å²) in [5, 5.41) is 0.782. The number of aryl methyl sites for hydroxylation is 1. The van der Waals surface area contributed by atoms with Crippen molar-refractivity contribution in [2.75, 3.05) is 13.7 Å². The molecule has 0 aliphatic carbocycles. The lowest BCUT2D eigenvalue weighted by molar-refractivity contribution is 0.0531. The van der Waals surface area contributed by atoms with E-state index in [0.29, 0.717) is 42.9 Å². The van der Waals surface area contributed by atoms with Gasteiger partial charge in [0.2, 0.25) is 0 Å². The molecule has 37 heavy (non-hydrogen) atoms. The largest absolute Gasteiger partial charge is 0.496 e. The molecular weight excluding hydrogens is 515 g/mol. The third-order valence-electron chi connectivity index (χ3n) is 5.77. The summed E-state index contributed by atoms with van der Waals surface area (Å²) in [6.45, 7) is 5.31. The van der Waals surface area contributed by atoms with E-state index in [1.807, 2.05) is 0 Å². The fourth-order valence-electron chi connectivity index (χ4n) is 3.86. The van der Waals surface area contributed by atoms with E-state index in [2.05, 4.69) is 0 Å². The average molecular weight is 541 g/mol. The van der Waals surface area contributed by atoms with Gasteiger partial charge < -0.3 is 9.47 Å². The van der Waals surface area contributed by atoms with Crippen LogP contribution in [0.1, 0.15) is 50.6 Å². The summed E-state index contributed by atoms with van der Waals surface area (Å²) in [6.07, 6.45) is 0. The number of fused-ring (bicyclic) bond motifs is 1. The van der Waals surface area contributed by atoms with Crippen molar-refractivity contribution in [3.05, 3.63) is 85.8 Å². The van der Waals surface area contributed by atoms with Crippen LogP contribution < -0.4 is 10.3 Å². The van der Waals surface area contributed by atoms with E-state index in [9.17, 15) is 18.8 Å². The number of esters is 1. The Morgan fingerprint density at radius 2 is 1.89 bits per heavy atom. The fraction of sp³-hybridized carbons (Fsp3) is 0.259. The number of aromatic nitrogens is 2. The summed E-state index contributed by atoms with van der Waals surface area (Å²) in [4.78, 5) is 43.7. The van der Waals surface area contributed by atoms with Crippen LogP contribution in [0.25, 0.3) is 10.2 Å². The number of Topliss-reactive ketones (excluding diaryl/α,β-unsaturated/α-hetero) is 1. The van der Waals surface area contributed by atoms with Crippen LogP contribution in [0, 0.1) is 12.7 Å². The second-order valence-corrected chi connectivity index (χ2v) is 10.2. The van der Waals surface area contributed by atoms with E-state index in [-0.39, 0.29) is 30.3 Å². The summed E-state index contributed by atoms with van der Waals surface area (Å²) >= 11 is 2.43. The van der Waals surface area contributed by atoms with Gasteiger partial charge in [0.05, 0.1) is 25.6 Å². The van der Waals surface area contributed by atoms with E-state index >= 15 is 0 Å². The number of ether oxygens (including phenoxy) is 2. The van der Waals surface area contributed by atoms with Crippen LogP contribution in [0.3, 0.4) is 0 Å². The second kappa shape index (κ2) is 11.3. The van der Waals surface area contributed by atoms with Crippen molar-refractivity contribution < 1.29 is 23.5 Å². The van der Waals surface area contributed by atoms with Gasteiger partial charge in [0, 0.05) is 16.9 Å². The Morgan fingerprint density at radius 1 is 1.16 bits per heavy atom. The molecule has 0 radical (unpaired) electrons. The molecule has 0 saturated carbocycles. The van der Waals surface area contributed by atoms with Gasteiger partial charge in [-0.3, -0.25) is 14.2 Å². The molecule has 4 rings (SSSR count). The van der Waals surface area contributed by atoms with Gasteiger partial charge in [-0.15, -0.1) is 11.3 Å². The molecule has 0 aliphatic rings. The highest BCUT2D eigenvalue weighted by molar-refractivity contribution is 7.98. The first-order valence-corrected chi connectivity index (χ1v) is 13.3. The van der Waals surface area contributed by atoms with E-state index in [1.54, 1.807) is 51.3 Å². The second-order valence-electron chi connectivity index (χ2n) is 8.24. The molecule has 0 unspecified atom stereocenters. The minimum absolute atomic E-state index is 0.0674. The van der Waals surface area contributed by atoms with Crippen LogP contribution in [-0.4, -0.2) is 35.0 Å². The van der Waals surface area contributed by atoms with Crippen molar-refractivity contribution in [3.8, 4) is 5.75 Å². The van der Waals surface area contributed by atoms with Gasteiger partial charge in [-0.2, -0.15) is 0 Å².